The lowest BCUT2D eigenvalue weighted by Crippen LogP contribution is -2.48. The summed E-state index contributed by atoms with van der Waals surface area (Å²) in [7, 11) is 2.90. The molecule has 1 aromatic carbocycles. The molecule has 0 radical (unpaired) electrons. The number of rotatable bonds is 3. The highest BCUT2D eigenvalue weighted by Crippen LogP contribution is 2.33. The van der Waals surface area contributed by atoms with Crippen LogP contribution in [-0.2, 0) is 14.4 Å². The smallest absolute Gasteiger partial charge is 0.268 e. The first-order valence-electron chi connectivity index (χ1n) is 5.92. The number of carbonyl (C=O) groups excluding carboxylic acids is 2. The van der Waals surface area contributed by atoms with Crippen molar-refractivity contribution in [1.82, 2.24) is 5.06 Å². The first-order chi connectivity index (χ1) is 9.04. The number of ether oxygens (including phenoxy) is 1. The van der Waals surface area contributed by atoms with E-state index < -0.39 is 6.10 Å². The van der Waals surface area contributed by atoms with Gasteiger partial charge >= 0.3 is 0 Å². The largest absolute Gasteiger partial charge is 0.479 e. The van der Waals surface area contributed by atoms with E-state index in [4.69, 9.17) is 9.57 Å². The SMILES string of the molecule is CON(C)C(=O)CN1C(=O)C(C)Oc2ccccc21. The summed E-state index contributed by atoms with van der Waals surface area (Å²) in [5.74, 6) is 0.0544. The predicted molar refractivity (Wildman–Crippen MR) is 68.7 cm³/mol. The zero-order chi connectivity index (χ0) is 14.0. The second-order valence-electron chi connectivity index (χ2n) is 4.23. The van der Waals surface area contributed by atoms with E-state index in [1.54, 1.807) is 25.1 Å². The number of amides is 2. The number of nitrogens with zero attached hydrogens (tertiary/aromatic N) is 2. The third-order valence-corrected chi connectivity index (χ3v) is 2.99. The van der Waals surface area contributed by atoms with Crippen LogP contribution in [0.5, 0.6) is 5.75 Å². The van der Waals surface area contributed by atoms with Crippen molar-refractivity contribution in [3.05, 3.63) is 24.3 Å². The van der Waals surface area contributed by atoms with Crippen molar-refractivity contribution in [1.29, 1.82) is 0 Å². The third kappa shape index (κ3) is 2.53. The Morgan fingerprint density at radius 1 is 1.47 bits per heavy atom. The molecule has 0 saturated carbocycles. The maximum Gasteiger partial charge on any atom is 0.268 e. The van der Waals surface area contributed by atoms with Crippen LogP contribution in [0, 0.1) is 0 Å². The van der Waals surface area contributed by atoms with Gasteiger partial charge in [0.15, 0.2) is 6.10 Å². The summed E-state index contributed by atoms with van der Waals surface area (Å²) in [5.41, 5.74) is 0.600. The Balaban J connectivity index is 2.28. The van der Waals surface area contributed by atoms with E-state index in [9.17, 15) is 9.59 Å². The summed E-state index contributed by atoms with van der Waals surface area (Å²) in [6.07, 6.45) is -0.601. The van der Waals surface area contributed by atoms with Gasteiger partial charge in [-0.15, -0.1) is 0 Å². The van der Waals surface area contributed by atoms with Crippen LogP contribution in [0.4, 0.5) is 5.69 Å². The van der Waals surface area contributed by atoms with Gasteiger partial charge in [0, 0.05) is 7.05 Å². The molecular weight excluding hydrogens is 248 g/mol. The van der Waals surface area contributed by atoms with Crippen molar-refractivity contribution in [3.8, 4) is 5.75 Å². The Morgan fingerprint density at radius 3 is 2.84 bits per heavy atom. The van der Waals surface area contributed by atoms with E-state index in [2.05, 4.69) is 0 Å². The van der Waals surface area contributed by atoms with Gasteiger partial charge in [0.25, 0.3) is 11.8 Å². The summed E-state index contributed by atoms with van der Waals surface area (Å²) in [4.78, 5) is 30.2. The van der Waals surface area contributed by atoms with Crippen molar-refractivity contribution in [2.45, 2.75) is 13.0 Å². The molecule has 0 N–H and O–H groups in total. The molecule has 1 aromatic rings. The van der Waals surface area contributed by atoms with E-state index in [1.807, 2.05) is 6.07 Å². The zero-order valence-electron chi connectivity index (χ0n) is 11.1. The Kier molecular flexibility index (Phi) is 3.71. The van der Waals surface area contributed by atoms with Gasteiger partial charge in [-0.3, -0.25) is 19.3 Å². The van der Waals surface area contributed by atoms with Crippen molar-refractivity contribution < 1.29 is 19.2 Å². The number of benzene rings is 1. The number of anilines is 1. The van der Waals surface area contributed by atoms with Crippen molar-refractivity contribution >= 4 is 17.5 Å². The molecule has 1 atom stereocenters. The van der Waals surface area contributed by atoms with Gasteiger partial charge in [0.05, 0.1) is 12.8 Å². The minimum atomic E-state index is -0.601. The third-order valence-electron chi connectivity index (χ3n) is 2.99. The standard InChI is InChI=1S/C13H16N2O4/c1-9-13(17)15(8-12(16)14(2)18-3)10-6-4-5-7-11(10)19-9/h4-7,9H,8H2,1-3H3. The lowest BCUT2D eigenvalue weighted by molar-refractivity contribution is -0.167. The number of likely N-dealkylation sites (N-methyl/N-ethyl adjacent to an activating group) is 1. The molecule has 6 heteroatoms. The second-order valence-corrected chi connectivity index (χ2v) is 4.23. The average Bonchev–Trinajstić information content (AvgIpc) is 2.42. The van der Waals surface area contributed by atoms with Gasteiger partial charge in [-0.1, -0.05) is 12.1 Å². The molecule has 1 aliphatic rings. The molecule has 2 amide bonds. The van der Waals surface area contributed by atoms with Gasteiger partial charge in [-0.2, -0.15) is 0 Å². The second kappa shape index (κ2) is 5.27. The Morgan fingerprint density at radius 2 is 2.16 bits per heavy atom. The fourth-order valence-corrected chi connectivity index (χ4v) is 1.86. The van der Waals surface area contributed by atoms with Gasteiger partial charge in [0.1, 0.15) is 12.3 Å². The van der Waals surface area contributed by atoms with Crippen LogP contribution in [0.25, 0.3) is 0 Å². The van der Waals surface area contributed by atoms with Gasteiger partial charge in [-0.05, 0) is 19.1 Å². The van der Waals surface area contributed by atoms with Gasteiger partial charge < -0.3 is 4.74 Å². The molecule has 0 spiro atoms. The highest BCUT2D eigenvalue weighted by molar-refractivity contribution is 6.03. The molecule has 2 rings (SSSR count). The monoisotopic (exact) mass is 264 g/mol. The minimum absolute atomic E-state index is 0.0755. The molecule has 0 aliphatic carbocycles. The number of fused-ring (bicyclic) bond motifs is 1. The van der Waals surface area contributed by atoms with Crippen molar-refractivity contribution in [2.75, 3.05) is 25.6 Å². The van der Waals surface area contributed by atoms with E-state index >= 15 is 0 Å². The highest BCUT2D eigenvalue weighted by atomic mass is 16.7. The van der Waals surface area contributed by atoms with Crippen LogP contribution in [0.1, 0.15) is 6.92 Å². The van der Waals surface area contributed by atoms with Crippen LogP contribution in [0.15, 0.2) is 24.3 Å². The lowest BCUT2D eigenvalue weighted by atomic mass is 10.2. The number of hydrogen-bond donors (Lipinski definition) is 0. The summed E-state index contributed by atoms with van der Waals surface area (Å²) in [6, 6.07) is 7.14. The zero-order valence-corrected chi connectivity index (χ0v) is 11.1. The summed E-state index contributed by atoms with van der Waals surface area (Å²) in [5, 5.41) is 1.09. The molecule has 102 valence electrons. The summed E-state index contributed by atoms with van der Waals surface area (Å²) < 4.78 is 5.50. The topological polar surface area (TPSA) is 59.1 Å². The molecule has 0 saturated heterocycles. The quantitative estimate of drug-likeness (QED) is 0.758. The first kappa shape index (κ1) is 13.4. The van der Waals surface area contributed by atoms with E-state index in [1.165, 1.54) is 19.1 Å². The normalized spacial score (nSPS) is 17.7. The number of para-hydroxylation sites is 2. The summed E-state index contributed by atoms with van der Waals surface area (Å²) >= 11 is 0. The van der Waals surface area contributed by atoms with Crippen LogP contribution in [-0.4, -0.2) is 43.7 Å². The maximum absolute atomic E-state index is 12.1. The molecule has 1 aliphatic heterocycles. The average molecular weight is 264 g/mol. The van der Waals surface area contributed by atoms with Crippen molar-refractivity contribution in [3.63, 3.8) is 0 Å². The molecule has 0 fully saturated rings. The first-order valence-corrected chi connectivity index (χ1v) is 5.92. The Hall–Kier alpha value is -2.08. The fraction of sp³-hybridized carbons (Fsp3) is 0.385. The molecule has 6 nitrogen and oxygen atoms in total. The van der Waals surface area contributed by atoms with Crippen LogP contribution in [0.2, 0.25) is 0 Å². The van der Waals surface area contributed by atoms with Gasteiger partial charge in [0.2, 0.25) is 0 Å². The fourth-order valence-electron chi connectivity index (χ4n) is 1.86. The number of hydrogen-bond acceptors (Lipinski definition) is 4. The molecular formula is C13H16N2O4. The lowest BCUT2D eigenvalue weighted by Gasteiger charge is -2.33. The van der Waals surface area contributed by atoms with Crippen LogP contribution in [0.3, 0.4) is 0 Å². The number of carbonyl (C=O) groups is 2. The predicted octanol–water partition coefficient (Wildman–Crippen LogP) is 0.820. The number of hydroxylamine groups is 2. The van der Waals surface area contributed by atoms with Gasteiger partial charge in [-0.25, -0.2) is 5.06 Å². The highest BCUT2D eigenvalue weighted by Gasteiger charge is 2.33. The van der Waals surface area contributed by atoms with Crippen LogP contribution < -0.4 is 9.64 Å². The molecule has 1 unspecified atom stereocenters. The Bertz CT molecular complexity index is 503. The maximum atomic E-state index is 12.1. The minimum Gasteiger partial charge on any atom is -0.479 e. The molecule has 1 heterocycles. The summed E-state index contributed by atoms with van der Waals surface area (Å²) in [6.45, 7) is 1.59. The molecule has 0 bridgehead atoms. The van der Waals surface area contributed by atoms with E-state index in [0.29, 0.717) is 11.4 Å². The Labute approximate surface area is 111 Å². The molecule has 0 aromatic heterocycles. The van der Waals surface area contributed by atoms with E-state index in [-0.39, 0.29) is 18.4 Å². The van der Waals surface area contributed by atoms with Crippen molar-refractivity contribution in [2.24, 2.45) is 0 Å². The van der Waals surface area contributed by atoms with Crippen LogP contribution >= 0.6 is 0 Å². The molecule has 19 heavy (non-hydrogen) atoms. The van der Waals surface area contributed by atoms with E-state index in [0.717, 1.165) is 5.06 Å².